The molecule has 3 aliphatic rings. The zero-order valence-corrected chi connectivity index (χ0v) is 17.3. The molecule has 2 fully saturated rings. The first kappa shape index (κ1) is 19.6. The number of rotatable bonds is 4. The number of fused-ring (bicyclic) bond motifs is 2. The lowest BCUT2D eigenvalue weighted by Gasteiger charge is -2.54. The molecule has 1 amide bonds. The largest absolute Gasteiger partial charge is 0.467 e. The lowest BCUT2D eigenvalue weighted by Crippen LogP contribution is -2.55. The van der Waals surface area contributed by atoms with Crippen LogP contribution in [0.2, 0.25) is 0 Å². The van der Waals surface area contributed by atoms with Crippen LogP contribution in [0.1, 0.15) is 64.7 Å². The van der Waals surface area contributed by atoms with Crippen LogP contribution in [0.25, 0.3) is 0 Å². The highest BCUT2D eigenvalue weighted by Gasteiger charge is 2.55. The molecule has 2 bridgehead atoms. The number of furan rings is 1. The van der Waals surface area contributed by atoms with Crippen molar-refractivity contribution in [2.45, 2.75) is 65.0 Å². The zero-order valence-electron chi connectivity index (χ0n) is 17.3. The molecule has 3 unspecified atom stereocenters. The molecule has 0 spiro atoms. The maximum Gasteiger partial charge on any atom is 0.407 e. The predicted octanol–water partition coefficient (Wildman–Crippen LogP) is 5.24. The van der Waals surface area contributed by atoms with E-state index in [0.717, 1.165) is 18.6 Å². The third-order valence-corrected chi connectivity index (χ3v) is 7.47. The Morgan fingerprint density at radius 2 is 2.07 bits per heavy atom. The summed E-state index contributed by atoms with van der Waals surface area (Å²) in [5, 5.41) is 3.07. The summed E-state index contributed by atoms with van der Waals surface area (Å²) in [4.78, 5) is 12.4. The number of hydrogen-bond acceptors (Lipinski definition) is 4. The maximum absolute atomic E-state index is 12.4. The van der Waals surface area contributed by atoms with E-state index in [4.69, 9.17) is 13.9 Å². The molecular formula is C23H33NO4. The van der Waals surface area contributed by atoms with Crippen molar-refractivity contribution in [2.24, 2.45) is 23.2 Å². The van der Waals surface area contributed by atoms with Crippen LogP contribution in [0, 0.1) is 23.2 Å². The van der Waals surface area contributed by atoms with Crippen LogP contribution in [0.4, 0.5) is 4.79 Å². The molecule has 1 saturated heterocycles. The minimum Gasteiger partial charge on any atom is -0.467 e. The van der Waals surface area contributed by atoms with Crippen LogP contribution in [-0.4, -0.2) is 25.3 Å². The van der Waals surface area contributed by atoms with Gasteiger partial charge in [0.25, 0.3) is 0 Å². The number of alkyl carbamates (subject to hydrolysis) is 1. The Morgan fingerprint density at radius 1 is 1.29 bits per heavy atom. The Bertz CT molecular complexity index is 706. The van der Waals surface area contributed by atoms with E-state index in [9.17, 15) is 4.79 Å². The number of ether oxygens (including phenoxy) is 2. The van der Waals surface area contributed by atoms with Gasteiger partial charge < -0.3 is 19.2 Å². The molecule has 5 heteroatoms. The van der Waals surface area contributed by atoms with Gasteiger partial charge >= 0.3 is 6.09 Å². The van der Waals surface area contributed by atoms with Crippen molar-refractivity contribution in [2.75, 3.05) is 13.2 Å². The van der Waals surface area contributed by atoms with Crippen LogP contribution in [0.5, 0.6) is 0 Å². The molecule has 1 N–H and O–H groups in total. The van der Waals surface area contributed by atoms with E-state index < -0.39 is 0 Å². The molecule has 1 aromatic heterocycles. The summed E-state index contributed by atoms with van der Waals surface area (Å²) in [6.07, 6.45) is 9.46. The van der Waals surface area contributed by atoms with Gasteiger partial charge in [0.2, 0.25) is 0 Å². The van der Waals surface area contributed by atoms with E-state index in [-0.39, 0.29) is 29.6 Å². The molecule has 0 aromatic carbocycles. The minimum absolute atomic E-state index is 0.0714. The smallest absolute Gasteiger partial charge is 0.407 e. The Morgan fingerprint density at radius 3 is 2.79 bits per heavy atom. The molecule has 5 atom stereocenters. The molecular weight excluding hydrogens is 354 g/mol. The fraction of sp³-hybridized carbons (Fsp3) is 0.696. The molecule has 2 aliphatic carbocycles. The standard InChI is InChI=1S/C23H33NO4/c1-15-12-16(2)23(14-28-22(25)24-18-8-5-4-6-9-18)13-27-21(20(15)17(23)3)19-10-7-11-26-19/h7,10-12,16-18,20-21H,4-6,8-9,13-14H2,1-3H3,(H,24,25)/t16?,17-,20?,21?,23+/m0/s1. The average molecular weight is 388 g/mol. The third-order valence-electron chi connectivity index (χ3n) is 7.47. The second kappa shape index (κ2) is 7.94. The Labute approximate surface area is 167 Å². The SMILES string of the molecule is CC1=CC(C)[C@]2(COC(=O)NC3CCCCC3)COC(c3ccco3)C1[C@@H]2C. The minimum atomic E-state index is -0.281. The highest BCUT2D eigenvalue weighted by Crippen LogP contribution is 2.56. The molecule has 5 nitrogen and oxygen atoms in total. The van der Waals surface area contributed by atoms with Crippen LogP contribution >= 0.6 is 0 Å². The molecule has 4 rings (SSSR count). The number of allylic oxidation sites excluding steroid dienone is 1. The van der Waals surface area contributed by atoms with E-state index in [2.05, 4.69) is 32.2 Å². The highest BCUT2D eigenvalue weighted by molar-refractivity contribution is 5.67. The number of amides is 1. The molecule has 0 radical (unpaired) electrons. The van der Waals surface area contributed by atoms with Gasteiger partial charge in [0.1, 0.15) is 18.5 Å². The predicted molar refractivity (Wildman–Crippen MR) is 107 cm³/mol. The van der Waals surface area contributed by atoms with E-state index in [1.807, 2.05) is 12.1 Å². The van der Waals surface area contributed by atoms with Gasteiger partial charge in [-0.05, 0) is 43.7 Å². The van der Waals surface area contributed by atoms with Gasteiger partial charge in [-0.3, -0.25) is 0 Å². The molecule has 1 saturated carbocycles. The van der Waals surface area contributed by atoms with Crippen molar-refractivity contribution < 1.29 is 18.7 Å². The monoisotopic (exact) mass is 387 g/mol. The first-order valence-electron chi connectivity index (χ1n) is 10.8. The number of hydrogen-bond donors (Lipinski definition) is 1. The van der Waals surface area contributed by atoms with Crippen LogP contribution in [0.15, 0.2) is 34.5 Å². The topological polar surface area (TPSA) is 60.7 Å². The molecule has 154 valence electrons. The summed E-state index contributed by atoms with van der Waals surface area (Å²) in [5.74, 6) is 1.74. The first-order chi connectivity index (χ1) is 13.5. The summed E-state index contributed by atoms with van der Waals surface area (Å²) in [6, 6.07) is 4.17. The average Bonchev–Trinajstić information content (AvgIpc) is 3.21. The Hall–Kier alpha value is -1.75. The van der Waals surface area contributed by atoms with Gasteiger partial charge in [-0.15, -0.1) is 0 Å². The van der Waals surface area contributed by atoms with Crippen molar-refractivity contribution in [1.82, 2.24) is 5.32 Å². The summed E-state index contributed by atoms with van der Waals surface area (Å²) < 4.78 is 17.8. The first-order valence-corrected chi connectivity index (χ1v) is 10.8. The lowest BCUT2D eigenvalue weighted by atomic mass is 9.56. The van der Waals surface area contributed by atoms with Crippen molar-refractivity contribution >= 4 is 6.09 Å². The lowest BCUT2D eigenvalue weighted by molar-refractivity contribution is -0.170. The van der Waals surface area contributed by atoms with E-state index >= 15 is 0 Å². The highest BCUT2D eigenvalue weighted by atomic mass is 16.6. The zero-order chi connectivity index (χ0) is 19.7. The molecule has 2 heterocycles. The number of nitrogens with one attached hydrogen (secondary N) is 1. The van der Waals surface area contributed by atoms with Crippen LogP contribution in [-0.2, 0) is 9.47 Å². The van der Waals surface area contributed by atoms with Crippen molar-refractivity contribution in [3.05, 3.63) is 35.8 Å². The second-order valence-electron chi connectivity index (χ2n) is 9.05. The maximum atomic E-state index is 12.4. The van der Waals surface area contributed by atoms with Gasteiger partial charge in [0, 0.05) is 17.4 Å². The number of carbonyl (C=O) groups excluding carboxylic acids is 1. The third kappa shape index (κ3) is 3.49. The van der Waals surface area contributed by atoms with E-state index in [1.54, 1.807) is 6.26 Å². The normalized spacial score (nSPS) is 35.9. The summed E-state index contributed by atoms with van der Waals surface area (Å²) >= 11 is 0. The Balaban J connectivity index is 1.46. The summed E-state index contributed by atoms with van der Waals surface area (Å²) in [7, 11) is 0. The van der Waals surface area contributed by atoms with E-state index in [1.165, 1.54) is 24.8 Å². The Kier molecular flexibility index (Phi) is 5.55. The van der Waals surface area contributed by atoms with Gasteiger partial charge in [0.05, 0.1) is 12.9 Å². The molecule has 1 aromatic rings. The van der Waals surface area contributed by atoms with Gasteiger partial charge in [0.15, 0.2) is 0 Å². The molecule has 28 heavy (non-hydrogen) atoms. The number of carbonyl (C=O) groups is 1. The van der Waals surface area contributed by atoms with Crippen LogP contribution in [0.3, 0.4) is 0 Å². The van der Waals surface area contributed by atoms with Gasteiger partial charge in [-0.25, -0.2) is 4.79 Å². The van der Waals surface area contributed by atoms with E-state index in [0.29, 0.717) is 25.0 Å². The second-order valence-corrected chi connectivity index (χ2v) is 9.05. The van der Waals surface area contributed by atoms with Crippen LogP contribution < -0.4 is 5.32 Å². The molecule has 1 aliphatic heterocycles. The van der Waals surface area contributed by atoms with Gasteiger partial charge in [-0.1, -0.05) is 44.8 Å². The summed E-state index contributed by atoms with van der Waals surface area (Å²) in [6.45, 7) is 7.63. The fourth-order valence-corrected chi connectivity index (χ4v) is 5.62. The van der Waals surface area contributed by atoms with Crippen molar-refractivity contribution in [3.63, 3.8) is 0 Å². The quantitative estimate of drug-likeness (QED) is 0.717. The van der Waals surface area contributed by atoms with Crippen molar-refractivity contribution in [3.8, 4) is 0 Å². The van der Waals surface area contributed by atoms with Crippen molar-refractivity contribution in [1.29, 1.82) is 0 Å². The fourth-order valence-electron chi connectivity index (χ4n) is 5.62. The summed E-state index contributed by atoms with van der Waals surface area (Å²) in [5.41, 5.74) is 1.14. The van der Waals surface area contributed by atoms with Gasteiger partial charge in [-0.2, -0.15) is 0 Å².